The fourth-order valence-electron chi connectivity index (χ4n) is 5.39. The quantitative estimate of drug-likeness (QED) is 0.699. The number of nitrogens with two attached hydrogens (primary N) is 1. The summed E-state index contributed by atoms with van der Waals surface area (Å²) in [6.45, 7) is 2.26. The molecular weight excluding hydrogens is 274 g/mol. The lowest BCUT2D eigenvalue weighted by molar-refractivity contribution is 0.171. The number of benzene rings is 1. The lowest BCUT2D eigenvalue weighted by Gasteiger charge is -2.49. The second-order valence-electron chi connectivity index (χ2n) is 7.45. The van der Waals surface area contributed by atoms with Crippen molar-refractivity contribution in [2.24, 2.45) is 5.73 Å². The molecule has 0 bridgehead atoms. The van der Waals surface area contributed by atoms with Gasteiger partial charge in [0, 0.05) is 11.0 Å². The number of aryl methyl sites for hydroxylation is 1. The van der Waals surface area contributed by atoms with Crippen molar-refractivity contribution in [1.29, 1.82) is 0 Å². The number of rotatable bonds is 1. The molecular formula is C19H25NO2. The Morgan fingerprint density at radius 2 is 2.05 bits per heavy atom. The molecule has 22 heavy (non-hydrogen) atoms. The number of hydrogen-bond acceptors (Lipinski definition) is 3. The first-order valence-electron chi connectivity index (χ1n) is 8.51. The van der Waals surface area contributed by atoms with Crippen LogP contribution < -0.4 is 5.73 Å². The van der Waals surface area contributed by atoms with Crippen LogP contribution in [0.1, 0.15) is 56.6 Å². The number of aliphatic hydroxyl groups is 1. The standard InChI is InChI=1S/C19H25NO2/c1-2-18-7-8-19(20)11-14(22)10-17(19)16(18)5-3-12-9-13(21)4-6-15(12)18/h4,6,9,14,21-22H,2-3,5,7-8,10-11,20H2,1H3/t14-,18-,19+/m0/s1. The number of allylic oxidation sites excluding steroid dienone is 1. The Balaban J connectivity index is 1.93. The number of phenols is 1. The van der Waals surface area contributed by atoms with Crippen molar-refractivity contribution in [2.75, 3.05) is 0 Å². The molecule has 1 fully saturated rings. The minimum Gasteiger partial charge on any atom is -0.508 e. The molecule has 4 N–H and O–H groups in total. The summed E-state index contributed by atoms with van der Waals surface area (Å²) in [5, 5.41) is 20.0. The van der Waals surface area contributed by atoms with Gasteiger partial charge in [0.1, 0.15) is 5.75 Å². The highest BCUT2D eigenvalue weighted by Crippen LogP contribution is 2.57. The third-order valence-electron chi connectivity index (χ3n) is 6.43. The van der Waals surface area contributed by atoms with Crippen molar-refractivity contribution < 1.29 is 10.2 Å². The molecule has 3 heteroatoms. The molecule has 4 rings (SSSR count). The van der Waals surface area contributed by atoms with Crippen molar-refractivity contribution in [3.63, 3.8) is 0 Å². The molecule has 0 heterocycles. The van der Waals surface area contributed by atoms with Crippen LogP contribution >= 0.6 is 0 Å². The molecule has 1 aromatic carbocycles. The zero-order valence-electron chi connectivity index (χ0n) is 13.2. The summed E-state index contributed by atoms with van der Waals surface area (Å²) in [7, 11) is 0. The molecule has 0 unspecified atom stereocenters. The van der Waals surface area contributed by atoms with Crippen molar-refractivity contribution in [1.82, 2.24) is 0 Å². The van der Waals surface area contributed by atoms with Crippen LogP contribution in [-0.2, 0) is 11.8 Å². The summed E-state index contributed by atoms with van der Waals surface area (Å²) >= 11 is 0. The summed E-state index contributed by atoms with van der Waals surface area (Å²) in [5.41, 5.74) is 12.0. The van der Waals surface area contributed by atoms with Gasteiger partial charge in [0.05, 0.1) is 6.10 Å². The highest BCUT2D eigenvalue weighted by molar-refractivity contribution is 5.53. The predicted octanol–water partition coefficient (Wildman–Crippen LogP) is 2.93. The van der Waals surface area contributed by atoms with Crippen molar-refractivity contribution in [3.05, 3.63) is 40.5 Å². The third-order valence-corrected chi connectivity index (χ3v) is 6.43. The van der Waals surface area contributed by atoms with E-state index in [-0.39, 0.29) is 17.1 Å². The Kier molecular flexibility index (Phi) is 2.98. The second kappa shape index (κ2) is 4.59. The Labute approximate surface area is 131 Å². The van der Waals surface area contributed by atoms with E-state index >= 15 is 0 Å². The van der Waals surface area contributed by atoms with E-state index in [1.807, 2.05) is 12.1 Å². The summed E-state index contributed by atoms with van der Waals surface area (Å²) in [4.78, 5) is 0. The molecule has 0 aromatic heterocycles. The van der Waals surface area contributed by atoms with E-state index < -0.39 is 0 Å². The number of fused-ring (bicyclic) bond motifs is 4. The Morgan fingerprint density at radius 3 is 2.82 bits per heavy atom. The zero-order valence-corrected chi connectivity index (χ0v) is 13.2. The van der Waals surface area contributed by atoms with Crippen LogP contribution in [0.4, 0.5) is 0 Å². The predicted molar refractivity (Wildman–Crippen MR) is 86.8 cm³/mol. The maximum Gasteiger partial charge on any atom is 0.115 e. The van der Waals surface area contributed by atoms with Crippen LogP contribution in [0.5, 0.6) is 5.75 Å². The van der Waals surface area contributed by atoms with E-state index in [0.717, 1.165) is 38.5 Å². The smallest absolute Gasteiger partial charge is 0.115 e. The van der Waals surface area contributed by atoms with Crippen LogP contribution in [0.25, 0.3) is 0 Å². The average molecular weight is 299 g/mol. The number of hydrogen-bond donors (Lipinski definition) is 3. The maximum atomic E-state index is 10.2. The minimum atomic E-state index is -0.277. The molecule has 1 saturated carbocycles. The average Bonchev–Trinajstić information content (AvgIpc) is 2.80. The van der Waals surface area contributed by atoms with Crippen LogP contribution in [0, 0.1) is 0 Å². The first-order valence-corrected chi connectivity index (χ1v) is 8.51. The summed E-state index contributed by atoms with van der Waals surface area (Å²) in [5.74, 6) is 0.362. The maximum absolute atomic E-state index is 10.2. The van der Waals surface area contributed by atoms with Gasteiger partial charge in [-0.3, -0.25) is 0 Å². The first kappa shape index (κ1) is 14.3. The van der Waals surface area contributed by atoms with Crippen LogP contribution in [-0.4, -0.2) is 21.9 Å². The molecule has 3 aliphatic rings. The molecule has 0 amide bonds. The molecule has 0 radical (unpaired) electrons. The van der Waals surface area contributed by atoms with Gasteiger partial charge in [-0.25, -0.2) is 0 Å². The van der Waals surface area contributed by atoms with Gasteiger partial charge in [-0.1, -0.05) is 18.6 Å². The number of aromatic hydroxyl groups is 1. The number of phenolic OH excluding ortho intramolecular Hbond substituents is 1. The van der Waals surface area contributed by atoms with E-state index in [4.69, 9.17) is 5.73 Å². The molecule has 0 saturated heterocycles. The Bertz CT molecular complexity index is 665. The van der Waals surface area contributed by atoms with E-state index in [2.05, 4.69) is 13.0 Å². The Hall–Kier alpha value is -1.32. The van der Waals surface area contributed by atoms with Gasteiger partial charge in [0.15, 0.2) is 0 Å². The fourth-order valence-corrected chi connectivity index (χ4v) is 5.39. The highest BCUT2D eigenvalue weighted by atomic mass is 16.3. The third kappa shape index (κ3) is 1.76. The van der Waals surface area contributed by atoms with Gasteiger partial charge in [0.2, 0.25) is 0 Å². The number of aliphatic hydroxyl groups excluding tert-OH is 1. The van der Waals surface area contributed by atoms with Crippen LogP contribution in [0.15, 0.2) is 29.3 Å². The molecule has 0 spiro atoms. The fraction of sp³-hybridized carbons (Fsp3) is 0.579. The molecule has 0 aliphatic heterocycles. The highest BCUT2D eigenvalue weighted by Gasteiger charge is 2.51. The molecule has 3 nitrogen and oxygen atoms in total. The van der Waals surface area contributed by atoms with Crippen molar-refractivity contribution in [2.45, 2.75) is 68.9 Å². The molecule has 118 valence electrons. The van der Waals surface area contributed by atoms with Gasteiger partial charge in [0.25, 0.3) is 0 Å². The van der Waals surface area contributed by atoms with Crippen molar-refractivity contribution in [3.8, 4) is 5.75 Å². The van der Waals surface area contributed by atoms with Crippen LogP contribution in [0.2, 0.25) is 0 Å². The summed E-state index contributed by atoms with van der Waals surface area (Å²) in [6.07, 6.45) is 6.26. The normalized spacial score (nSPS) is 36.8. The summed E-state index contributed by atoms with van der Waals surface area (Å²) in [6, 6.07) is 5.86. The molecule has 3 atom stereocenters. The summed E-state index contributed by atoms with van der Waals surface area (Å²) < 4.78 is 0. The van der Waals surface area contributed by atoms with Crippen LogP contribution in [0.3, 0.4) is 0 Å². The first-order chi connectivity index (χ1) is 10.5. The van der Waals surface area contributed by atoms with E-state index in [9.17, 15) is 10.2 Å². The van der Waals surface area contributed by atoms with Crippen molar-refractivity contribution >= 4 is 0 Å². The van der Waals surface area contributed by atoms with E-state index in [0.29, 0.717) is 12.2 Å². The van der Waals surface area contributed by atoms with E-state index in [1.54, 1.807) is 0 Å². The van der Waals surface area contributed by atoms with Gasteiger partial charge in [-0.05, 0) is 73.8 Å². The second-order valence-corrected chi connectivity index (χ2v) is 7.45. The van der Waals surface area contributed by atoms with Gasteiger partial charge >= 0.3 is 0 Å². The minimum absolute atomic E-state index is 0.0730. The van der Waals surface area contributed by atoms with Gasteiger partial charge in [-0.15, -0.1) is 0 Å². The largest absolute Gasteiger partial charge is 0.508 e. The lowest BCUT2D eigenvalue weighted by Crippen LogP contribution is -2.48. The van der Waals surface area contributed by atoms with E-state index in [1.165, 1.54) is 22.3 Å². The SMILES string of the molecule is CC[C@@]12CC[C@@]3(N)C[C@@H](O)CC3=C1CCc1cc(O)ccc12. The molecule has 1 aromatic rings. The van der Waals surface area contributed by atoms with Gasteiger partial charge < -0.3 is 15.9 Å². The van der Waals surface area contributed by atoms with Gasteiger partial charge in [-0.2, -0.15) is 0 Å². The molecule has 3 aliphatic carbocycles. The zero-order chi connectivity index (χ0) is 15.5. The topological polar surface area (TPSA) is 66.5 Å². The monoisotopic (exact) mass is 299 g/mol. The lowest BCUT2D eigenvalue weighted by atomic mass is 9.56. The Morgan fingerprint density at radius 1 is 1.23 bits per heavy atom.